The fourth-order valence-electron chi connectivity index (χ4n) is 1.90. The molecule has 2 aliphatic rings. The minimum Gasteiger partial charge on any atom is -0.385 e. The molecule has 0 aromatic heterocycles. The number of rotatable bonds is 6. The first-order chi connectivity index (χ1) is 7.26. The van der Waals surface area contributed by atoms with Gasteiger partial charge in [-0.1, -0.05) is 0 Å². The molecule has 1 saturated carbocycles. The van der Waals surface area contributed by atoms with Crippen molar-refractivity contribution in [3.05, 3.63) is 0 Å². The van der Waals surface area contributed by atoms with E-state index in [2.05, 4.69) is 10.6 Å². The molecule has 2 fully saturated rings. The summed E-state index contributed by atoms with van der Waals surface area (Å²) in [7, 11) is 1.73. The average Bonchev–Trinajstić information content (AvgIpc) is 2.90. The standard InChI is InChI=1S/C11H20N2O2/c1-15-5-4-11(2-3-11)8-13-10(14)9-6-12-7-9/h9,12H,2-8H2,1H3,(H,13,14). The van der Waals surface area contributed by atoms with E-state index < -0.39 is 0 Å². The van der Waals surface area contributed by atoms with Crippen molar-refractivity contribution in [3.8, 4) is 0 Å². The molecule has 2 rings (SSSR count). The Kier molecular flexibility index (Phi) is 3.26. The van der Waals surface area contributed by atoms with Crippen molar-refractivity contribution >= 4 is 5.91 Å². The van der Waals surface area contributed by atoms with Crippen molar-refractivity contribution in [2.75, 3.05) is 33.4 Å². The molecule has 0 bridgehead atoms. The van der Waals surface area contributed by atoms with Gasteiger partial charge in [0.2, 0.25) is 5.91 Å². The van der Waals surface area contributed by atoms with Crippen LogP contribution in [0.5, 0.6) is 0 Å². The minimum atomic E-state index is 0.211. The van der Waals surface area contributed by atoms with Crippen LogP contribution in [0.3, 0.4) is 0 Å². The zero-order valence-electron chi connectivity index (χ0n) is 9.34. The number of carbonyl (C=O) groups excluding carboxylic acids is 1. The van der Waals surface area contributed by atoms with Gasteiger partial charge in [-0.2, -0.15) is 0 Å². The Morgan fingerprint density at radius 2 is 2.27 bits per heavy atom. The quantitative estimate of drug-likeness (QED) is 0.658. The molecule has 15 heavy (non-hydrogen) atoms. The maximum atomic E-state index is 11.6. The van der Waals surface area contributed by atoms with Gasteiger partial charge in [0.25, 0.3) is 0 Å². The van der Waals surface area contributed by atoms with Crippen LogP contribution < -0.4 is 10.6 Å². The lowest BCUT2D eigenvalue weighted by atomic mass is 10.00. The van der Waals surface area contributed by atoms with Crippen molar-refractivity contribution in [1.29, 1.82) is 0 Å². The van der Waals surface area contributed by atoms with Gasteiger partial charge in [0.05, 0.1) is 5.92 Å². The molecule has 0 radical (unpaired) electrons. The SMILES string of the molecule is COCCC1(CNC(=O)C2CNC2)CC1. The lowest BCUT2D eigenvalue weighted by Crippen LogP contribution is -2.51. The number of amides is 1. The first-order valence-electron chi connectivity index (χ1n) is 5.73. The number of hydrogen-bond acceptors (Lipinski definition) is 3. The topological polar surface area (TPSA) is 50.4 Å². The summed E-state index contributed by atoms with van der Waals surface area (Å²) in [5.74, 6) is 0.431. The largest absolute Gasteiger partial charge is 0.385 e. The van der Waals surface area contributed by atoms with E-state index in [-0.39, 0.29) is 11.8 Å². The van der Waals surface area contributed by atoms with Crippen LogP contribution in [0.2, 0.25) is 0 Å². The minimum absolute atomic E-state index is 0.211. The van der Waals surface area contributed by atoms with Crippen LogP contribution in [0.1, 0.15) is 19.3 Å². The van der Waals surface area contributed by atoms with Crippen LogP contribution in [0.4, 0.5) is 0 Å². The first kappa shape index (κ1) is 10.9. The maximum Gasteiger partial charge on any atom is 0.225 e. The number of methoxy groups -OCH3 is 1. The van der Waals surface area contributed by atoms with Crippen LogP contribution in [0.15, 0.2) is 0 Å². The van der Waals surface area contributed by atoms with Crippen LogP contribution in [-0.2, 0) is 9.53 Å². The second-order valence-electron chi connectivity index (χ2n) is 4.82. The van der Waals surface area contributed by atoms with Gasteiger partial charge in [0.15, 0.2) is 0 Å². The van der Waals surface area contributed by atoms with E-state index in [1.165, 1.54) is 12.8 Å². The summed E-state index contributed by atoms with van der Waals surface area (Å²) < 4.78 is 5.08. The fourth-order valence-corrected chi connectivity index (χ4v) is 1.90. The zero-order valence-corrected chi connectivity index (χ0v) is 9.34. The molecule has 0 aromatic rings. The van der Waals surface area contributed by atoms with Crippen molar-refractivity contribution in [3.63, 3.8) is 0 Å². The Morgan fingerprint density at radius 3 is 2.73 bits per heavy atom. The van der Waals surface area contributed by atoms with Crippen LogP contribution >= 0.6 is 0 Å². The molecule has 4 heteroatoms. The predicted octanol–water partition coefficient (Wildman–Crippen LogP) is 0.139. The van der Waals surface area contributed by atoms with Gasteiger partial charge >= 0.3 is 0 Å². The van der Waals surface area contributed by atoms with Gasteiger partial charge in [0, 0.05) is 33.4 Å². The molecule has 4 nitrogen and oxygen atoms in total. The zero-order chi connectivity index (χ0) is 10.7. The summed E-state index contributed by atoms with van der Waals surface area (Å²) in [6.07, 6.45) is 3.55. The molecule has 0 aromatic carbocycles. The maximum absolute atomic E-state index is 11.6. The van der Waals surface area contributed by atoms with Gasteiger partial charge < -0.3 is 15.4 Å². The van der Waals surface area contributed by atoms with E-state index in [9.17, 15) is 4.79 Å². The molecule has 0 atom stereocenters. The summed E-state index contributed by atoms with van der Waals surface area (Å²) in [5.41, 5.74) is 0.364. The molecule has 1 aliphatic carbocycles. The predicted molar refractivity (Wildman–Crippen MR) is 57.5 cm³/mol. The number of nitrogens with one attached hydrogen (secondary N) is 2. The van der Waals surface area contributed by atoms with Gasteiger partial charge in [-0.3, -0.25) is 4.79 Å². The molecule has 0 spiro atoms. The van der Waals surface area contributed by atoms with E-state index in [0.29, 0.717) is 5.41 Å². The second kappa shape index (κ2) is 4.49. The van der Waals surface area contributed by atoms with Gasteiger partial charge in [-0.25, -0.2) is 0 Å². The third-order valence-electron chi connectivity index (χ3n) is 3.58. The van der Waals surface area contributed by atoms with Gasteiger partial charge in [-0.15, -0.1) is 0 Å². The Bertz CT molecular complexity index is 235. The Balaban J connectivity index is 1.66. The van der Waals surface area contributed by atoms with E-state index in [1.807, 2.05) is 0 Å². The summed E-state index contributed by atoms with van der Waals surface area (Å²) in [5, 5.41) is 6.17. The van der Waals surface area contributed by atoms with Crippen molar-refractivity contribution in [2.45, 2.75) is 19.3 Å². The average molecular weight is 212 g/mol. The lowest BCUT2D eigenvalue weighted by Gasteiger charge is -2.27. The molecular formula is C11H20N2O2. The molecule has 1 aliphatic heterocycles. The molecule has 1 amide bonds. The van der Waals surface area contributed by atoms with E-state index in [4.69, 9.17) is 4.74 Å². The monoisotopic (exact) mass is 212 g/mol. The van der Waals surface area contributed by atoms with Gasteiger partial charge in [-0.05, 0) is 24.7 Å². The second-order valence-corrected chi connectivity index (χ2v) is 4.82. The Morgan fingerprint density at radius 1 is 1.53 bits per heavy atom. The fraction of sp³-hybridized carbons (Fsp3) is 0.909. The van der Waals surface area contributed by atoms with Crippen LogP contribution in [-0.4, -0.2) is 39.3 Å². The highest BCUT2D eigenvalue weighted by molar-refractivity contribution is 5.80. The highest BCUT2D eigenvalue weighted by Crippen LogP contribution is 2.48. The molecule has 1 heterocycles. The highest BCUT2D eigenvalue weighted by atomic mass is 16.5. The van der Waals surface area contributed by atoms with E-state index >= 15 is 0 Å². The highest BCUT2D eigenvalue weighted by Gasteiger charge is 2.42. The number of carbonyl (C=O) groups is 1. The van der Waals surface area contributed by atoms with Crippen molar-refractivity contribution in [2.24, 2.45) is 11.3 Å². The summed E-state index contributed by atoms with van der Waals surface area (Å²) in [6.45, 7) is 3.33. The van der Waals surface area contributed by atoms with Crippen LogP contribution in [0, 0.1) is 11.3 Å². The number of hydrogen-bond donors (Lipinski definition) is 2. The Hall–Kier alpha value is -0.610. The van der Waals surface area contributed by atoms with Crippen molar-refractivity contribution < 1.29 is 9.53 Å². The molecule has 86 valence electrons. The van der Waals surface area contributed by atoms with Gasteiger partial charge in [0.1, 0.15) is 0 Å². The summed E-state index contributed by atoms with van der Waals surface area (Å²) >= 11 is 0. The molecular weight excluding hydrogens is 192 g/mol. The number of ether oxygens (including phenoxy) is 1. The molecule has 2 N–H and O–H groups in total. The Labute approximate surface area is 90.8 Å². The smallest absolute Gasteiger partial charge is 0.225 e. The lowest BCUT2D eigenvalue weighted by molar-refractivity contribution is -0.126. The van der Waals surface area contributed by atoms with Crippen LogP contribution in [0.25, 0.3) is 0 Å². The van der Waals surface area contributed by atoms with E-state index in [0.717, 1.165) is 32.7 Å². The first-order valence-corrected chi connectivity index (χ1v) is 5.73. The van der Waals surface area contributed by atoms with E-state index in [1.54, 1.807) is 7.11 Å². The summed E-state index contributed by atoms with van der Waals surface area (Å²) in [6, 6.07) is 0. The third kappa shape index (κ3) is 2.69. The summed E-state index contributed by atoms with van der Waals surface area (Å²) in [4.78, 5) is 11.6. The van der Waals surface area contributed by atoms with Crippen molar-refractivity contribution in [1.82, 2.24) is 10.6 Å². The molecule has 0 unspecified atom stereocenters. The normalized spacial score (nSPS) is 23.3. The third-order valence-corrected chi connectivity index (χ3v) is 3.58. The molecule has 1 saturated heterocycles.